The molecule has 0 aliphatic heterocycles. The van der Waals surface area contributed by atoms with E-state index >= 15 is 0 Å². The van der Waals surface area contributed by atoms with Crippen LogP contribution in [-0.4, -0.2) is 15.9 Å². The van der Waals surface area contributed by atoms with Crippen molar-refractivity contribution in [3.63, 3.8) is 0 Å². The minimum Gasteiger partial charge on any atom is -0.459 e. The van der Waals surface area contributed by atoms with E-state index in [4.69, 9.17) is 10.3 Å². The highest BCUT2D eigenvalue weighted by molar-refractivity contribution is 7.98. The van der Waals surface area contributed by atoms with Gasteiger partial charge in [-0.1, -0.05) is 11.8 Å². The number of rotatable bonds is 4. The molecule has 0 bridgehead atoms. The van der Waals surface area contributed by atoms with Crippen LogP contribution in [0.4, 0.5) is 0 Å². The predicted octanol–water partition coefficient (Wildman–Crippen LogP) is 0.965. The Hall–Kier alpha value is -1.86. The average Bonchev–Trinajstić information content (AvgIpc) is 2.85. The summed E-state index contributed by atoms with van der Waals surface area (Å²) in [5, 5.41) is 0.785. The highest BCUT2D eigenvalue weighted by atomic mass is 32.2. The molecule has 0 aliphatic carbocycles. The van der Waals surface area contributed by atoms with Gasteiger partial charge in [-0.2, -0.15) is 0 Å². The van der Waals surface area contributed by atoms with Crippen LogP contribution in [0, 0.1) is 0 Å². The maximum Gasteiger partial charge on any atom is 0.301 e. The van der Waals surface area contributed by atoms with Gasteiger partial charge >= 0.3 is 5.91 Å². The molecule has 1 amide bonds. The highest BCUT2D eigenvalue weighted by Crippen LogP contribution is 2.22. The number of aromatic nitrogens is 2. The first-order chi connectivity index (χ1) is 8.31. The Kier molecular flexibility index (Phi) is 3.73. The van der Waals surface area contributed by atoms with Crippen LogP contribution in [0.5, 0.6) is 0 Å². The molecule has 6 nitrogen and oxygen atoms in total. The van der Waals surface area contributed by atoms with Gasteiger partial charge < -0.3 is 4.42 Å². The zero-order valence-electron chi connectivity index (χ0n) is 8.79. The molecule has 0 fully saturated rings. The second-order valence-electron chi connectivity index (χ2n) is 3.08. The molecule has 0 aromatic carbocycles. The Morgan fingerprint density at radius 2 is 2.41 bits per heavy atom. The van der Waals surface area contributed by atoms with E-state index in [-0.39, 0.29) is 5.76 Å². The molecular weight excluding hydrogens is 240 g/mol. The van der Waals surface area contributed by atoms with Gasteiger partial charge in [-0.05, 0) is 6.07 Å². The van der Waals surface area contributed by atoms with Crippen molar-refractivity contribution in [1.82, 2.24) is 15.4 Å². The molecule has 2 aromatic heterocycles. The van der Waals surface area contributed by atoms with Crippen molar-refractivity contribution >= 4 is 17.7 Å². The smallest absolute Gasteiger partial charge is 0.301 e. The normalized spacial score (nSPS) is 10.2. The van der Waals surface area contributed by atoms with Crippen LogP contribution in [0.2, 0.25) is 0 Å². The molecule has 0 atom stereocenters. The van der Waals surface area contributed by atoms with Gasteiger partial charge in [-0.3, -0.25) is 15.2 Å². The number of nitrogen functional groups attached to an aromatic ring is 1. The lowest BCUT2D eigenvalue weighted by Gasteiger charge is -2.00. The first kappa shape index (κ1) is 11.6. The maximum absolute atomic E-state index is 11.3. The Bertz CT molecular complexity index is 500. The molecule has 88 valence electrons. The van der Waals surface area contributed by atoms with E-state index in [9.17, 15) is 4.79 Å². The van der Waals surface area contributed by atoms with Gasteiger partial charge in [-0.15, -0.1) is 0 Å². The van der Waals surface area contributed by atoms with Crippen LogP contribution in [0.15, 0.2) is 40.4 Å². The summed E-state index contributed by atoms with van der Waals surface area (Å²) in [4.78, 5) is 19.4. The number of hydrogen-bond acceptors (Lipinski definition) is 6. The summed E-state index contributed by atoms with van der Waals surface area (Å²) in [6.07, 6.45) is 6.34. The maximum atomic E-state index is 11.3. The highest BCUT2D eigenvalue weighted by Gasteiger charge is 2.14. The monoisotopic (exact) mass is 250 g/mol. The molecule has 2 heterocycles. The Labute approximate surface area is 102 Å². The van der Waals surface area contributed by atoms with E-state index in [1.54, 1.807) is 24.7 Å². The van der Waals surface area contributed by atoms with Crippen LogP contribution in [0.1, 0.15) is 16.1 Å². The molecule has 0 radical (unpaired) electrons. The molecular formula is C10H10N4O2S. The number of nitrogens with zero attached hydrogens (tertiary/aromatic N) is 2. The third-order valence-electron chi connectivity index (χ3n) is 2.00. The Balaban J connectivity index is 2.05. The number of amides is 1. The molecule has 0 saturated carbocycles. The number of carbonyl (C=O) groups is 1. The fourth-order valence-corrected chi connectivity index (χ4v) is 2.03. The van der Waals surface area contributed by atoms with Crippen molar-refractivity contribution in [3.05, 3.63) is 42.2 Å². The molecule has 7 heteroatoms. The number of nitrogens with two attached hydrogens (primary N) is 1. The SMILES string of the molecule is NNC(=O)c1occc1CSc1cnccn1. The minimum atomic E-state index is -0.440. The second kappa shape index (κ2) is 5.46. The molecule has 0 aliphatic rings. The van der Waals surface area contributed by atoms with Crippen LogP contribution < -0.4 is 11.3 Å². The van der Waals surface area contributed by atoms with Crippen LogP contribution >= 0.6 is 11.8 Å². The Morgan fingerprint density at radius 1 is 1.53 bits per heavy atom. The lowest BCUT2D eigenvalue weighted by atomic mass is 10.3. The first-order valence-corrected chi connectivity index (χ1v) is 5.76. The van der Waals surface area contributed by atoms with E-state index < -0.39 is 5.91 Å². The molecule has 2 aromatic rings. The van der Waals surface area contributed by atoms with Crippen molar-refractivity contribution in [2.75, 3.05) is 0 Å². The third kappa shape index (κ3) is 2.83. The number of hydrogen-bond donors (Lipinski definition) is 2. The summed E-state index contributed by atoms with van der Waals surface area (Å²) in [5.74, 6) is 5.40. The molecule has 0 saturated heterocycles. The number of thioether (sulfide) groups is 1. The summed E-state index contributed by atoms with van der Waals surface area (Å²) >= 11 is 1.47. The molecule has 3 N–H and O–H groups in total. The first-order valence-electron chi connectivity index (χ1n) is 4.77. The number of nitrogens with one attached hydrogen (secondary N) is 1. The molecule has 0 spiro atoms. The molecule has 0 unspecified atom stereocenters. The number of carbonyl (C=O) groups excluding carboxylic acids is 1. The third-order valence-corrected chi connectivity index (χ3v) is 2.96. The van der Waals surface area contributed by atoms with Gasteiger partial charge in [0.25, 0.3) is 0 Å². The van der Waals surface area contributed by atoms with Gasteiger partial charge in [0, 0.05) is 23.7 Å². The van der Waals surface area contributed by atoms with E-state index in [1.165, 1.54) is 18.0 Å². The quantitative estimate of drug-likeness (QED) is 0.363. The lowest BCUT2D eigenvalue weighted by molar-refractivity contribution is 0.0925. The van der Waals surface area contributed by atoms with Gasteiger partial charge in [0.1, 0.15) is 5.03 Å². The summed E-state index contributed by atoms with van der Waals surface area (Å²) in [7, 11) is 0. The topological polar surface area (TPSA) is 94.0 Å². The van der Waals surface area contributed by atoms with Gasteiger partial charge in [0.15, 0.2) is 5.76 Å². The zero-order valence-corrected chi connectivity index (χ0v) is 9.61. The average molecular weight is 250 g/mol. The number of hydrazine groups is 1. The van der Waals surface area contributed by atoms with Crippen molar-refractivity contribution in [2.45, 2.75) is 10.8 Å². The Morgan fingerprint density at radius 3 is 3.12 bits per heavy atom. The number of furan rings is 1. The van der Waals surface area contributed by atoms with Gasteiger partial charge in [0.05, 0.1) is 12.5 Å². The van der Waals surface area contributed by atoms with Crippen LogP contribution in [0.25, 0.3) is 0 Å². The summed E-state index contributed by atoms with van der Waals surface area (Å²) in [6, 6.07) is 1.73. The minimum absolute atomic E-state index is 0.226. The van der Waals surface area contributed by atoms with Gasteiger partial charge in [0.2, 0.25) is 0 Å². The van der Waals surface area contributed by atoms with E-state index in [1.807, 2.05) is 5.43 Å². The van der Waals surface area contributed by atoms with Crippen LogP contribution in [-0.2, 0) is 5.75 Å². The van der Waals surface area contributed by atoms with Crippen molar-refractivity contribution < 1.29 is 9.21 Å². The summed E-state index contributed by atoms with van der Waals surface area (Å²) in [6.45, 7) is 0. The molecule has 2 rings (SSSR count). The molecule has 17 heavy (non-hydrogen) atoms. The van der Waals surface area contributed by atoms with Crippen LogP contribution in [0.3, 0.4) is 0 Å². The predicted molar refractivity (Wildman–Crippen MR) is 62.0 cm³/mol. The summed E-state index contributed by atoms with van der Waals surface area (Å²) in [5.41, 5.74) is 2.80. The second-order valence-corrected chi connectivity index (χ2v) is 4.08. The van der Waals surface area contributed by atoms with E-state index in [0.29, 0.717) is 5.75 Å². The van der Waals surface area contributed by atoms with Crippen molar-refractivity contribution in [3.8, 4) is 0 Å². The fourth-order valence-electron chi connectivity index (χ4n) is 1.23. The van der Waals surface area contributed by atoms with E-state index in [2.05, 4.69) is 9.97 Å². The van der Waals surface area contributed by atoms with Crippen molar-refractivity contribution in [1.29, 1.82) is 0 Å². The summed E-state index contributed by atoms with van der Waals surface area (Å²) < 4.78 is 5.06. The largest absolute Gasteiger partial charge is 0.459 e. The van der Waals surface area contributed by atoms with E-state index in [0.717, 1.165) is 10.6 Å². The fraction of sp³-hybridized carbons (Fsp3) is 0.100. The lowest BCUT2D eigenvalue weighted by Crippen LogP contribution is -2.30. The zero-order chi connectivity index (χ0) is 12.1. The van der Waals surface area contributed by atoms with Crippen molar-refractivity contribution in [2.24, 2.45) is 5.84 Å². The van der Waals surface area contributed by atoms with Gasteiger partial charge in [-0.25, -0.2) is 10.8 Å². The standard InChI is InChI=1S/C10H10N4O2S/c11-14-10(15)9-7(1-4-16-9)6-17-8-5-12-2-3-13-8/h1-5H,6,11H2,(H,14,15).